The van der Waals surface area contributed by atoms with Crippen LogP contribution in [0.2, 0.25) is 0 Å². The molecule has 3 rings (SSSR count). The first kappa shape index (κ1) is 21.2. The summed E-state index contributed by atoms with van der Waals surface area (Å²) in [4.78, 5) is 21.1. The summed E-state index contributed by atoms with van der Waals surface area (Å²) in [6.07, 6.45) is 0. The van der Waals surface area contributed by atoms with Gasteiger partial charge in [0.1, 0.15) is 5.75 Å². The molecule has 0 spiro atoms. The van der Waals surface area contributed by atoms with Gasteiger partial charge in [0.25, 0.3) is 5.91 Å². The molecule has 1 aromatic carbocycles. The number of aromatic nitrogens is 2. The van der Waals surface area contributed by atoms with Gasteiger partial charge in [0.2, 0.25) is 5.89 Å². The molecular weight excluding hydrogens is 382 g/mol. The van der Waals surface area contributed by atoms with E-state index in [0.29, 0.717) is 43.5 Å². The van der Waals surface area contributed by atoms with Gasteiger partial charge < -0.3 is 14.2 Å². The lowest BCUT2D eigenvalue weighted by molar-refractivity contribution is -0.0499. The van der Waals surface area contributed by atoms with Gasteiger partial charge in [-0.15, -0.1) is 0 Å². The van der Waals surface area contributed by atoms with Crippen molar-refractivity contribution < 1.29 is 22.8 Å². The van der Waals surface area contributed by atoms with Crippen LogP contribution in [-0.4, -0.2) is 58.6 Å². The maximum absolute atomic E-state index is 12.7. The molecule has 0 radical (unpaired) electrons. The Hall–Kier alpha value is -2.55. The number of amides is 1. The second kappa shape index (κ2) is 8.44. The van der Waals surface area contributed by atoms with E-state index in [2.05, 4.69) is 19.8 Å². The van der Waals surface area contributed by atoms with Crippen LogP contribution in [0.4, 0.5) is 8.78 Å². The summed E-state index contributed by atoms with van der Waals surface area (Å²) in [5.41, 5.74) is 0.145. The molecule has 1 atom stereocenters. The van der Waals surface area contributed by atoms with Gasteiger partial charge >= 0.3 is 6.61 Å². The second-order valence-electron chi connectivity index (χ2n) is 8.12. The number of benzene rings is 1. The quantitative estimate of drug-likeness (QED) is 0.754. The average Bonchev–Trinajstić information content (AvgIpc) is 3.17. The van der Waals surface area contributed by atoms with Crippen LogP contribution in [0.25, 0.3) is 0 Å². The van der Waals surface area contributed by atoms with Gasteiger partial charge in [0.15, 0.2) is 5.82 Å². The number of alkyl halides is 2. The Bertz CT molecular complexity index is 842. The molecule has 0 bridgehead atoms. The zero-order valence-electron chi connectivity index (χ0n) is 17.1. The van der Waals surface area contributed by atoms with E-state index in [1.54, 1.807) is 11.0 Å². The van der Waals surface area contributed by atoms with Crippen molar-refractivity contribution in [3.8, 4) is 5.75 Å². The minimum Gasteiger partial charge on any atom is -0.435 e. The third-order valence-electron chi connectivity index (χ3n) is 4.93. The maximum atomic E-state index is 12.7. The molecule has 1 aliphatic rings. The predicted octanol–water partition coefficient (Wildman–Crippen LogP) is 3.49. The van der Waals surface area contributed by atoms with Crippen LogP contribution < -0.4 is 4.74 Å². The lowest BCUT2D eigenvalue weighted by Crippen LogP contribution is -2.49. The summed E-state index contributed by atoms with van der Waals surface area (Å²) in [5.74, 6) is 1.000. The molecule has 1 saturated heterocycles. The van der Waals surface area contributed by atoms with Crippen molar-refractivity contribution in [3.63, 3.8) is 0 Å². The van der Waals surface area contributed by atoms with E-state index in [-0.39, 0.29) is 23.1 Å². The van der Waals surface area contributed by atoms with Crippen molar-refractivity contribution in [1.29, 1.82) is 0 Å². The van der Waals surface area contributed by atoms with Crippen LogP contribution >= 0.6 is 0 Å². The zero-order valence-corrected chi connectivity index (χ0v) is 17.1. The minimum absolute atomic E-state index is 0.0239. The molecule has 29 heavy (non-hydrogen) atoms. The summed E-state index contributed by atoms with van der Waals surface area (Å²) in [6.45, 7) is 7.48. The van der Waals surface area contributed by atoms with Crippen molar-refractivity contribution >= 4 is 5.91 Å². The van der Waals surface area contributed by atoms with E-state index in [0.717, 1.165) is 0 Å². The first-order chi connectivity index (χ1) is 13.6. The molecule has 7 nitrogen and oxygen atoms in total. The number of carbonyl (C=O) groups is 1. The number of halogens is 2. The van der Waals surface area contributed by atoms with Crippen LogP contribution in [0.5, 0.6) is 5.75 Å². The third-order valence-corrected chi connectivity index (χ3v) is 4.93. The van der Waals surface area contributed by atoms with E-state index < -0.39 is 6.61 Å². The fraction of sp³-hybridized carbons (Fsp3) is 0.550. The fourth-order valence-corrected chi connectivity index (χ4v) is 3.17. The van der Waals surface area contributed by atoms with Crippen molar-refractivity contribution in [2.24, 2.45) is 0 Å². The molecule has 9 heteroatoms. The number of carbonyl (C=O) groups excluding carboxylic acids is 1. The third kappa shape index (κ3) is 5.09. The maximum Gasteiger partial charge on any atom is 0.387 e. The van der Waals surface area contributed by atoms with Crippen molar-refractivity contribution in [2.75, 3.05) is 26.2 Å². The second-order valence-corrected chi connectivity index (χ2v) is 8.12. The van der Waals surface area contributed by atoms with Gasteiger partial charge in [-0.1, -0.05) is 32.0 Å². The van der Waals surface area contributed by atoms with E-state index in [1.165, 1.54) is 18.2 Å². The molecule has 1 aromatic heterocycles. The molecule has 0 saturated carbocycles. The Balaban J connectivity index is 1.60. The highest BCUT2D eigenvalue weighted by Crippen LogP contribution is 2.25. The normalized spacial score (nSPS) is 16.9. The smallest absolute Gasteiger partial charge is 0.387 e. The fourth-order valence-electron chi connectivity index (χ4n) is 3.17. The van der Waals surface area contributed by atoms with E-state index in [4.69, 9.17) is 4.52 Å². The summed E-state index contributed by atoms with van der Waals surface area (Å²) in [5, 5.41) is 4.07. The van der Waals surface area contributed by atoms with Gasteiger partial charge in [-0.3, -0.25) is 9.69 Å². The molecule has 1 unspecified atom stereocenters. The molecule has 0 aliphatic carbocycles. The van der Waals surface area contributed by atoms with Crippen molar-refractivity contribution in [3.05, 3.63) is 41.5 Å². The van der Waals surface area contributed by atoms with Crippen molar-refractivity contribution in [2.45, 2.75) is 45.8 Å². The highest BCUT2D eigenvalue weighted by molar-refractivity contribution is 5.94. The standard InChI is InChI=1S/C20H26F2N4O3/c1-13(16-23-18(24-29-16)20(2,3)4)25-8-10-26(11-9-25)17(27)14-6-5-7-15(12-14)28-19(21)22/h5-7,12-13,19H,8-11H2,1-4H3. The number of hydrogen-bond donors (Lipinski definition) is 0. The van der Waals surface area contributed by atoms with Gasteiger partial charge in [-0.25, -0.2) is 0 Å². The topological polar surface area (TPSA) is 71.7 Å². The molecule has 158 valence electrons. The number of hydrogen-bond acceptors (Lipinski definition) is 6. The van der Waals surface area contributed by atoms with Crippen LogP contribution in [0, 0.1) is 0 Å². The molecular formula is C20H26F2N4O3. The molecule has 1 aliphatic heterocycles. The van der Waals surface area contributed by atoms with Crippen LogP contribution in [0.15, 0.2) is 28.8 Å². The van der Waals surface area contributed by atoms with Crippen LogP contribution in [0.3, 0.4) is 0 Å². The molecule has 1 fully saturated rings. The number of piperazine rings is 1. The Morgan fingerprint density at radius 1 is 1.21 bits per heavy atom. The molecule has 0 N–H and O–H groups in total. The van der Waals surface area contributed by atoms with E-state index in [9.17, 15) is 13.6 Å². The van der Waals surface area contributed by atoms with Crippen molar-refractivity contribution in [1.82, 2.24) is 19.9 Å². The predicted molar refractivity (Wildman–Crippen MR) is 102 cm³/mol. The van der Waals surface area contributed by atoms with Crippen LogP contribution in [-0.2, 0) is 5.41 Å². The summed E-state index contributed by atoms with van der Waals surface area (Å²) >= 11 is 0. The Morgan fingerprint density at radius 2 is 1.90 bits per heavy atom. The average molecular weight is 408 g/mol. The number of rotatable bonds is 5. The first-order valence-electron chi connectivity index (χ1n) is 9.57. The SMILES string of the molecule is CC(c1nc(C(C)(C)C)no1)N1CCN(C(=O)c2cccc(OC(F)F)c2)CC1. The number of ether oxygens (including phenoxy) is 1. The largest absolute Gasteiger partial charge is 0.435 e. The molecule has 1 amide bonds. The molecule has 2 aromatic rings. The van der Waals surface area contributed by atoms with Gasteiger partial charge in [0.05, 0.1) is 6.04 Å². The summed E-state index contributed by atoms with van der Waals surface area (Å²) in [6, 6.07) is 5.82. The summed E-state index contributed by atoms with van der Waals surface area (Å²) < 4.78 is 34.6. The lowest BCUT2D eigenvalue weighted by Gasteiger charge is -2.36. The highest BCUT2D eigenvalue weighted by atomic mass is 19.3. The first-order valence-corrected chi connectivity index (χ1v) is 9.57. The Labute approximate surface area is 168 Å². The van der Waals surface area contributed by atoms with E-state index >= 15 is 0 Å². The Morgan fingerprint density at radius 3 is 2.48 bits per heavy atom. The minimum atomic E-state index is -2.92. The lowest BCUT2D eigenvalue weighted by atomic mass is 9.96. The van der Waals surface area contributed by atoms with Gasteiger partial charge in [-0.05, 0) is 25.1 Å². The number of nitrogens with zero attached hydrogens (tertiary/aromatic N) is 4. The van der Waals surface area contributed by atoms with E-state index in [1.807, 2.05) is 27.7 Å². The zero-order chi connectivity index (χ0) is 21.2. The summed E-state index contributed by atoms with van der Waals surface area (Å²) in [7, 11) is 0. The van der Waals surface area contributed by atoms with Crippen LogP contribution in [0.1, 0.15) is 55.8 Å². The molecule has 2 heterocycles. The van der Waals surface area contributed by atoms with Gasteiger partial charge in [0, 0.05) is 37.2 Å². The van der Waals surface area contributed by atoms with Gasteiger partial charge in [-0.2, -0.15) is 13.8 Å². The monoisotopic (exact) mass is 408 g/mol. The Kier molecular flexibility index (Phi) is 6.16. The highest BCUT2D eigenvalue weighted by Gasteiger charge is 2.29.